The predicted octanol–water partition coefficient (Wildman–Crippen LogP) is 0.165. The number of aliphatic imine (C=N–C) groups is 1. The lowest BCUT2D eigenvalue weighted by Gasteiger charge is -2.36. The van der Waals surface area contributed by atoms with Crippen LogP contribution in [0.1, 0.15) is 26.2 Å². The number of hydrogen-bond acceptors (Lipinski definition) is 6. The Hall–Kier alpha value is -1.42. The number of hydrogen-bond donors (Lipinski definition) is 2. The number of guanidine groups is 1. The summed E-state index contributed by atoms with van der Waals surface area (Å²) >= 11 is 0. The van der Waals surface area contributed by atoms with Crippen LogP contribution < -0.4 is 10.6 Å². The van der Waals surface area contributed by atoms with Crippen molar-refractivity contribution in [2.24, 2.45) is 10.9 Å². The average molecular weight is 428 g/mol. The van der Waals surface area contributed by atoms with Gasteiger partial charge in [-0.1, -0.05) is 0 Å². The summed E-state index contributed by atoms with van der Waals surface area (Å²) in [6, 6.07) is 0. The molecule has 2 aliphatic heterocycles. The van der Waals surface area contributed by atoms with Gasteiger partial charge in [-0.05, 0) is 32.1 Å². The highest BCUT2D eigenvalue weighted by molar-refractivity contribution is 5.80. The van der Waals surface area contributed by atoms with Crippen molar-refractivity contribution in [3.05, 3.63) is 0 Å². The molecule has 1 amide bonds. The van der Waals surface area contributed by atoms with E-state index < -0.39 is 0 Å². The number of amides is 1. The van der Waals surface area contributed by atoms with Crippen LogP contribution in [0.3, 0.4) is 0 Å². The number of nitrogens with zero attached hydrogens (tertiary/aromatic N) is 3. The van der Waals surface area contributed by atoms with E-state index in [9.17, 15) is 4.79 Å². The molecule has 0 bridgehead atoms. The second-order valence-corrected chi connectivity index (χ2v) is 7.83. The SMILES string of the molecule is CCNC(=NCCCOCC1CCOCC1)N1CCN(CC(=O)NCCOC)CC1. The fourth-order valence-electron chi connectivity index (χ4n) is 3.61. The Morgan fingerprint density at radius 3 is 2.60 bits per heavy atom. The highest BCUT2D eigenvalue weighted by atomic mass is 16.5. The molecule has 0 aromatic heterocycles. The molecule has 0 saturated carbocycles. The summed E-state index contributed by atoms with van der Waals surface area (Å²) in [5, 5.41) is 6.27. The molecule has 2 N–H and O–H groups in total. The summed E-state index contributed by atoms with van der Waals surface area (Å²) in [5.74, 6) is 1.67. The van der Waals surface area contributed by atoms with Crippen LogP contribution in [0.15, 0.2) is 4.99 Å². The summed E-state index contributed by atoms with van der Waals surface area (Å²) in [5.41, 5.74) is 0. The minimum atomic E-state index is 0.0572. The Labute approximate surface area is 181 Å². The first-order chi connectivity index (χ1) is 14.7. The molecule has 2 aliphatic rings. The predicted molar refractivity (Wildman–Crippen MR) is 118 cm³/mol. The Balaban J connectivity index is 1.62. The molecule has 2 fully saturated rings. The third-order valence-corrected chi connectivity index (χ3v) is 5.41. The van der Waals surface area contributed by atoms with Gasteiger partial charge in [-0.2, -0.15) is 0 Å². The standard InChI is InChI=1S/C21H41N5O4/c1-3-22-21(24-7-4-13-30-18-19-5-14-29-15-6-19)26-11-9-25(10-12-26)17-20(27)23-8-16-28-2/h19H,3-18H2,1-2H3,(H,22,24)(H,23,27). The third-order valence-electron chi connectivity index (χ3n) is 5.41. The maximum absolute atomic E-state index is 12.0. The molecular weight excluding hydrogens is 386 g/mol. The zero-order valence-corrected chi connectivity index (χ0v) is 18.9. The van der Waals surface area contributed by atoms with Crippen molar-refractivity contribution >= 4 is 11.9 Å². The molecule has 2 rings (SSSR count). The average Bonchev–Trinajstić information content (AvgIpc) is 2.77. The van der Waals surface area contributed by atoms with Crippen molar-refractivity contribution in [1.29, 1.82) is 0 Å². The van der Waals surface area contributed by atoms with Crippen LogP contribution in [0.5, 0.6) is 0 Å². The van der Waals surface area contributed by atoms with Crippen LogP contribution in [0.2, 0.25) is 0 Å². The normalized spacial score (nSPS) is 19.1. The van der Waals surface area contributed by atoms with E-state index >= 15 is 0 Å². The van der Waals surface area contributed by atoms with E-state index in [1.54, 1.807) is 7.11 Å². The van der Waals surface area contributed by atoms with Gasteiger partial charge in [0, 0.05) is 79.4 Å². The van der Waals surface area contributed by atoms with Crippen molar-refractivity contribution in [3.8, 4) is 0 Å². The Morgan fingerprint density at radius 2 is 1.90 bits per heavy atom. The first kappa shape index (κ1) is 24.8. The van der Waals surface area contributed by atoms with Gasteiger partial charge in [-0.3, -0.25) is 14.7 Å². The molecule has 9 nitrogen and oxygen atoms in total. The largest absolute Gasteiger partial charge is 0.383 e. The maximum Gasteiger partial charge on any atom is 0.234 e. The van der Waals surface area contributed by atoms with Crippen molar-refractivity contribution in [2.45, 2.75) is 26.2 Å². The van der Waals surface area contributed by atoms with Gasteiger partial charge < -0.3 is 29.7 Å². The smallest absolute Gasteiger partial charge is 0.234 e. The highest BCUT2D eigenvalue weighted by Gasteiger charge is 2.21. The first-order valence-electron chi connectivity index (χ1n) is 11.4. The van der Waals surface area contributed by atoms with Crippen molar-refractivity contribution in [1.82, 2.24) is 20.4 Å². The molecule has 0 aromatic carbocycles. The lowest BCUT2D eigenvalue weighted by atomic mass is 10.0. The van der Waals surface area contributed by atoms with Gasteiger partial charge in [0.25, 0.3) is 0 Å². The Kier molecular flexibility index (Phi) is 12.7. The quantitative estimate of drug-likeness (QED) is 0.261. The van der Waals surface area contributed by atoms with Crippen LogP contribution in [0.25, 0.3) is 0 Å². The first-order valence-corrected chi connectivity index (χ1v) is 11.4. The van der Waals surface area contributed by atoms with Crippen LogP contribution in [-0.2, 0) is 19.0 Å². The lowest BCUT2D eigenvalue weighted by Crippen LogP contribution is -2.54. The van der Waals surface area contributed by atoms with E-state index in [1.165, 1.54) is 0 Å². The number of carbonyl (C=O) groups is 1. The number of nitrogens with one attached hydrogen (secondary N) is 2. The fraction of sp³-hybridized carbons (Fsp3) is 0.905. The fourth-order valence-corrected chi connectivity index (χ4v) is 3.61. The van der Waals surface area contributed by atoms with Crippen LogP contribution >= 0.6 is 0 Å². The number of piperazine rings is 1. The molecule has 2 saturated heterocycles. The van der Waals surface area contributed by atoms with Crippen molar-refractivity contribution in [2.75, 3.05) is 92.5 Å². The molecule has 30 heavy (non-hydrogen) atoms. The summed E-state index contributed by atoms with van der Waals surface area (Å²) in [7, 11) is 1.63. The monoisotopic (exact) mass is 427 g/mol. The molecule has 0 spiro atoms. The molecule has 0 atom stereocenters. The second-order valence-electron chi connectivity index (χ2n) is 7.83. The molecule has 0 unspecified atom stereocenters. The van der Waals surface area contributed by atoms with E-state index in [4.69, 9.17) is 19.2 Å². The highest BCUT2D eigenvalue weighted by Crippen LogP contribution is 2.14. The molecule has 9 heteroatoms. The number of rotatable bonds is 12. The van der Waals surface area contributed by atoms with Crippen molar-refractivity contribution < 1.29 is 19.0 Å². The summed E-state index contributed by atoms with van der Waals surface area (Å²) < 4.78 is 16.2. The Bertz CT molecular complexity index is 492. The van der Waals surface area contributed by atoms with Crippen LogP contribution in [-0.4, -0.2) is 114 Å². The van der Waals surface area contributed by atoms with Gasteiger partial charge in [0.05, 0.1) is 13.2 Å². The minimum absolute atomic E-state index is 0.0572. The van der Waals surface area contributed by atoms with E-state index in [1.807, 2.05) is 0 Å². The maximum atomic E-state index is 12.0. The van der Waals surface area contributed by atoms with Gasteiger partial charge in [-0.15, -0.1) is 0 Å². The Morgan fingerprint density at radius 1 is 1.13 bits per heavy atom. The van der Waals surface area contributed by atoms with Gasteiger partial charge >= 0.3 is 0 Å². The molecule has 2 heterocycles. The van der Waals surface area contributed by atoms with Crippen LogP contribution in [0.4, 0.5) is 0 Å². The van der Waals surface area contributed by atoms with Gasteiger partial charge in [0.1, 0.15) is 0 Å². The van der Waals surface area contributed by atoms with E-state index in [0.29, 0.717) is 25.6 Å². The van der Waals surface area contributed by atoms with Crippen molar-refractivity contribution in [3.63, 3.8) is 0 Å². The number of ether oxygens (including phenoxy) is 3. The molecule has 0 aliphatic carbocycles. The zero-order chi connectivity index (χ0) is 21.4. The van der Waals surface area contributed by atoms with E-state index in [2.05, 4.69) is 27.4 Å². The molecule has 0 aromatic rings. The van der Waals surface area contributed by atoms with Gasteiger partial charge in [0.2, 0.25) is 5.91 Å². The number of methoxy groups -OCH3 is 1. The second kappa shape index (κ2) is 15.4. The lowest BCUT2D eigenvalue weighted by molar-refractivity contribution is -0.122. The van der Waals surface area contributed by atoms with E-state index in [-0.39, 0.29) is 5.91 Å². The molecule has 174 valence electrons. The molecular formula is C21H41N5O4. The van der Waals surface area contributed by atoms with Gasteiger partial charge in [-0.25, -0.2) is 0 Å². The van der Waals surface area contributed by atoms with Crippen LogP contribution in [0, 0.1) is 5.92 Å². The number of carbonyl (C=O) groups excluding carboxylic acids is 1. The molecule has 0 radical (unpaired) electrons. The van der Waals surface area contributed by atoms with Gasteiger partial charge in [0.15, 0.2) is 5.96 Å². The topological polar surface area (TPSA) is 87.7 Å². The van der Waals surface area contributed by atoms with E-state index in [0.717, 1.165) is 90.9 Å². The summed E-state index contributed by atoms with van der Waals surface area (Å²) in [6.07, 6.45) is 3.16. The zero-order valence-electron chi connectivity index (χ0n) is 18.9. The minimum Gasteiger partial charge on any atom is -0.383 e. The summed E-state index contributed by atoms with van der Waals surface area (Å²) in [4.78, 5) is 21.2. The summed E-state index contributed by atoms with van der Waals surface area (Å²) in [6.45, 7) is 12.0. The third kappa shape index (κ3) is 10.1.